The minimum absolute atomic E-state index is 0. The summed E-state index contributed by atoms with van der Waals surface area (Å²) in [5.41, 5.74) is 4.25. The topological polar surface area (TPSA) is 59.5 Å². The first-order valence-electron chi connectivity index (χ1n) is 0.408. The van der Waals surface area contributed by atoms with E-state index < -0.39 is 0 Å². The van der Waals surface area contributed by atoms with Crippen molar-refractivity contribution in [2.24, 2.45) is 5.73 Å². The predicted molar refractivity (Wildman–Crippen MR) is 14.8 cm³/mol. The SMILES string of the molecule is [CH2-]N.[NH2-].[Ni+2]. The summed E-state index contributed by atoms with van der Waals surface area (Å²) in [5.74, 6) is 0. The van der Waals surface area contributed by atoms with E-state index in [1.54, 1.807) is 0 Å². The van der Waals surface area contributed by atoms with Crippen LogP contribution in [0.1, 0.15) is 0 Å². The monoisotopic (exact) mass is 104 g/mol. The van der Waals surface area contributed by atoms with Gasteiger partial charge in [-0.2, -0.15) is 0 Å². The van der Waals surface area contributed by atoms with Crippen molar-refractivity contribution in [3.63, 3.8) is 0 Å². The van der Waals surface area contributed by atoms with Gasteiger partial charge in [0.1, 0.15) is 0 Å². The molecular weight excluding hydrogens is 98.7 g/mol. The first-order valence-corrected chi connectivity index (χ1v) is 0.408. The third kappa shape index (κ3) is 28.2. The summed E-state index contributed by atoms with van der Waals surface area (Å²) < 4.78 is 0. The van der Waals surface area contributed by atoms with Gasteiger partial charge in [-0.05, 0) is 0 Å². The summed E-state index contributed by atoms with van der Waals surface area (Å²) >= 11 is 0. The Labute approximate surface area is 36.3 Å². The Balaban J connectivity index is -0.00000000500. The van der Waals surface area contributed by atoms with Crippen molar-refractivity contribution in [3.8, 4) is 0 Å². The standard InChI is InChI=1S/CH4N.H2N.Ni/c1-2;;/h1-2H2;1H2;/q2*-1;+2. The molecule has 0 radical (unpaired) electrons. The van der Waals surface area contributed by atoms with E-state index >= 15 is 0 Å². The number of hydrogen-bond acceptors (Lipinski definition) is 1. The van der Waals surface area contributed by atoms with Crippen molar-refractivity contribution in [2.45, 2.75) is 0 Å². The molecule has 0 spiro atoms. The van der Waals surface area contributed by atoms with E-state index in [-0.39, 0.29) is 22.6 Å². The quantitative estimate of drug-likeness (QED) is 0.352. The largest absolute Gasteiger partial charge is 2.00 e. The maximum atomic E-state index is 4.25. The molecule has 0 aliphatic carbocycles. The minimum Gasteiger partial charge on any atom is -0.693 e. The van der Waals surface area contributed by atoms with Crippen LogP contribution in [0, 0.1) is 7.05 Å². The fourth-order valence-corrected chi connectivity index (χ4v) is 0. The van der Waals surface area contributed by atoms with Crippen LogP contribution in [-0.4, -0.2) is 0 Å². The zero-order chi connectivity index (χ0) is 2.00. The molecular formula is CH6N2Ni. The summed E-state index contributed by atoms with van der Waals surface area (Å²) in [4.78, 5) is 0. The fourth-order valence-electron chi connectivity index (χ4n) is 0. The molecule has 4 heavy (non-hydrogen) atoms. The van der Waals surface area contributed by atoms with Crippen LogP contribution in [0.3, 0.4) is 0 Å². The maximum Gasteiger partial charge on any atom is 2.00 e. The van der Waals surface area contributed by atoms with E-state index in [2.05, 4.69) is 12.8 Å². The Morgan fingerprint density at radius 3 is 1.25 bits per heavy atom. The molecule has 2 nitrogen and oxygen atoms in total. The van der Waals surface area contributed by atoms with Crippen LogP contribution in [0.15, 0.2) is 0 Å². The van der Waals surface area contributed by atoms with E-state index in [1.165, 1.54) is 0 Å². The molecule has 0 fully saturated rings. The minimum atomic E-state index is 0. The van der Waals surface area contributed by atoms with Crippen molar-refractivity contribution < 1.29 is 16.5 Å². The average Bonchev–Trinajstić information content (AvgIpc) is 1.00. The molecule has 0 bridgehead atoms. The predicted octanol–water partition coefficient (Wildman–Crippen LogP) is 0.451. The molecule has 0 aromatic carbocycles. The van der Waals surface area contributed by atoms with Gasteiger partial charge in [0, 0.05) is 0 Å². The zero-order valence-corrected chi connectivity index (χ0v) is 3.17. The molecule has 0 saturated heterocycles. The molecule has 0 aliphatic rings. The molecule has 0 aromatic rings. The maximum absolute atomic E-state index is 4.25. The number of hydrogen-bond donors (Lipinski definition) is 1. The van der Waals surface area contributed by atoms with Gasteiger partial charge in [0.2, 0.25) is 0 Å². The Morgan fingerprint density at radius 2 is 1.25 bits per heavy atom. The zero-order valence-electron chi connectivity index (χ0n) is 2.18. The van der Waals surface area contributed by atoms with Gasteiger partial charge in [-0.15, -0.1) is 0 Å². The van der Waals surface area contributed by atoms with Gasteiger partial charge in [-0.25, -0.2) is 0 Å². The Kier molecular flexibility index (Phi) is 748. The van der Waals surface area contributed by atoms with Crippen molar-refractivity contribution in [2.75, 3.05) is 0 Å². The Hall–Kier alpha value is 0.414. The molecule has 30 valence electrons. The first kappa shape index (κ1) is 25.7. The molecule has 0 amide bonds. The van der Waals surface area contributed by atoms with Crippen LogP contribution < -0.4 is 5.73 Å². The van der Waals surface area contributed by atoms with Crippen LogP contribution >= 0.6 is 0 Å². The third-order valence-electron chi connectivity index (χ3n) is 0. The van der Waals surface area contributed by atoms with Crippen LogP contribution in [0.4, 0.5) is 0 Å². The molecule has 0 atom stereocenters. The molecule has 0 rings (SSSR count). The summed E-state index contributed by atoms with van der Waals surface area (Å²) in [5, 5.41) is 0. The second-order valence-corrected chi connectivity index (χ2v) is 0. The van der Waals surface area contributed by atoms with Gasteiger partial charge >= 0.3 is 16.5 Å². The Bertz CT molecular complexity index is 6.00. The second-order valence-electron chi connectivity index (χ2n) is 0. The van der Waals surface area contributed by atoms with Gasteiger partial charge < -0.3 is 11.9 Å². The molecule has 4 N–H and O–H groups in total. The molecule has 0 aliphatic heterocycles. The van der Waals surface area contributed by atoms with Gasteiger partial charge in [-0.1, -0.05) is 0 Å². The van der Waals surface area contributed by atoms with Crippen LogP contribution in [0.25, 0.3) is 6.15 Å². The number of nitrogens with two attached hydrogens (primary N) is 2. The molecule has 3 heteroatoms. The van der Waals surface area contributed by atoms with Crippen molar-refractivity contribution in [1.82, 2.24) is 0 Å². The van der Waals surface area contributed by atoms with E-state index in [0.29, 0.717) is 0 Å². The first-order chi connectivity index (χ1) is 1.00. The van der Waals surface area contributed by atoms with E-state index in [1.807, 2.05) is 0 Å². The van der Waals surface area contributed by atoms with Crippen LogP contribution in [0.5, 0.6) is 0 Å². The molecule has 0 unspecified atom stereocenters. The van der Waals surface area contributed by atoms with Crippen molar-refractivity contribution >= 4 is 0 Å². The normalized spacial score (nSPS) is 1.50. The van der Waals surface area contributed by atoms with E-state index in [9.17, 15) is 0 Å². The fraction of sp³-hybridized carbons (Fsp3) is 0. The van der Waals surface area contributed by atoms with E-state index in [4.69, 9.17) is 0 Å². The van der Waals surface area contributed by atoms with Gasteiger partial charge in [0.15, 0.2) is 0 Å². The third-order valence-corrected chi connectivity index (χ3v) is 0. The van der Waals surface area contributed by atoms with Crippen LogP contribution in [0.2, 0.25) is 0 Å². The second kappa shape index (κ2) is 116. The molecule has 0 heterocycles. The van der Waals surface area contributed by atoms with Crippen molar-refractivity contribution in [1.29, 1.82) is 0 Å². The van der Waals surface area contributed by atoms with Crippen LogP contribution in [-0.2, 0) is 16.5 Å². The summed E-state index contributed by atoms with van der Waals surface area (Å²) in [6, 6.07) is 0. The van der Waals surface area contributed by atoms with Gasteiger partial charge in [0.25, 0.3) is 0 Å². The van der Waals surface area contributed by atoms with Crippen molar-refractivity contribution in [3.05, 3.63) is 13.2 Å². The smallest absolute Gasteiger partial charge is 0.693 e. The summed E-state index contributed by atoms with van der Waals surface area (Å²) in [6.07, 6.45) is 0. The molecule has 0 aromatic heterocycles. The molecule has 0 saturated carbocycles. The average molecular weight is 105 g/mol. The van der Waals surface area contributed by atoms with Gasteiger partial charge in [0.05, 0.1) is 0 Å². The Morgan fingerprint density at radius 1 is 1.25 bits per heavy atom. The number of rotatable bonds is 0. The van der Waals surface area contributed by atoms with Gasteiger partial charge in [-0.3, -0.25) is 7.05 Å². The van der Waals surface area contributed by atoms with E-state index in [0.717, 1.165) is 0 Å². The summed E-state index contributed by atoms with van der Waals surface area (Å²) in [7, 11) is 2.75. The summed E-state index contributed by atoms with van der Waals surface area (Å²) in [6.45, 7) is 0.